The largest absolute Gasteiger partial charge is 0.507 e. The van der Waals surface area contributed by atoms with Crippen molar-refractivity contribution in [2.24, 2.45) is 0 Å². The van der Waals surface area contributed by atoms with Crippen LogP contribution in [0.1, 0.15) is 5.56 Å². The highest BCUT2D eigenvalue weighted by atomic mass is 16.7. The quantitative estimate of drug-likeness (QED) is 0.284. The number of allylic oxidation sites excluding steroid dienone is 2. The second-order valence-electron chi connectivity index (χ2n) is 7.47. The number of hydrogen-bond donors (Lipinski definition) is 8. The third-order valence-electron chi connectivity index (χ3n) is 5.32. The molecule has 32 heavy (non-hydrogen) atoms. The van der Waals surface area contributed by atoms with Crippen molar-refractivity contribution in [1.82, 2.24) is 0 Å². The van der Waals surface area contributed by atoms with E-state index in [-0.39, 0.29) is 39.9 Å². The minimum Gasteiger partial charge on any atom is -0.507 e. The van der Waals surface area contributed by atoms with E-state index in [9.17, 15) is 35.7 Å². The first-order valence-electron chi connectivity index (χ1n) is 9.63. The summed E-state index contributed by atoms with van der Waals surface area (Å²) in [6, 6.07) is 3.81. The predicted octanol–water partition coefficient (Wildman–Crippen LogP) is -0.195. The van der Waals surface area contributed by atoms with Crippen molar-refractivity contribution in [2.75, 3.05) is 6.61 Å². The van der Waals surface area contributed by atoms with Crippen molar-refractivity contribution in [3.8, 4) is 11.5 Å². The number of rotatable bonds is 4. The van der Waals surface area contributed by atoms with E-state index in [1.807, 2.05) is 0 Å². The lowest BCUT2D eigenvalue weighted by Crippen LogP contribution is -2.59. The second kappa shape index (κ2) is 8.37. The normalized spacial score (nSPS) is 32.3. The molecule has 3 aliphatic rings. The molecule has 0 spiro atoms. The van der Waals surface area contributed by atoms with Crippen LogP contribution in [0, 0.1) is 0 Å². The Bertz CT molecular complexity index is 1020. The van der Waals surface area contributed by atoms with Gasteiger partial charge in [-0.15, -0.1) is 0 Å². The Labute approximate surface area is 181 Å². The summed E-state index contributed by atoms with van der Waals surface area (Å²) in [5.74, 6) is -1.49. The van der Waals surface area contributed by atoms with Crippen molar-refractivity contribution in [2.45, 2.75) is 36.8 Å². The number of aromatic hydroxyl groups is 2. The second-order valence-corrected chi connectivity index (χ2v) is 7.47. The number of ether oxygens (including phenoxy) is 3. The fourth-order valence-corrected chi connectivity index (χ4v) is 3.61. The molecule has 1 aliphatic carbocycles. The van der Waals surface area contributed by atoms with Crippen molar-refractivity contribution in [3.63, 3.8) is 0 Å². The van der Waals surface area contributed by atoms with Crippen LogP contribution in [0.25, 0.3) is 5.76 Å². The molecule has 0 aromatic heterocycles. The zero-order chi connectivity index (χ0) is 23.2. The Kier molecular flexibility index (Phi) is 5.75. The summed E-state index contributed by atoms with van der Waals surface area (Å²) in [6.07, 6.45) is -4.57. The van der Waals surface area contributed by atoms with Crippen molar-refractivity contribution >= 4 is 5.76 Å². The molecule has 6 atom stereocenters. The molecule has 11 nitrogen and oxygen atoms in total. The van der Waals surface area contributed by atoms with Crippen LogP contribution in [0.5, 0.6) is 11.5 Å². The molecule has 0 saturated carbocycles. The van der Waals surface area contributed by atoms with Crippen LogP contribution in [0.3, 0.4) is 0 Å². The molecular weight excluding hydrogens is 428 g/mol. The SMILES string of the molecule is OC[C@H]1O[C@@H](O)[C@@H](OC2=CC3OC(c4ccc(O)c(O)c4)=C(O)C=C3C(O)=C2)[C@@H](O)[C@@H]1O. The third-order valence-corrected chi connectivity index (χ3v) is 5.32. The van der Waals surface area contributed by atoms with Crippen molar-refractivity contribution in [1.29, 1.82) is 0 Å². The first kappa shape index (κ1) is 22.0. The van der Waals surface area contributed by atoms with Gasteiger partial charge in [0.25, 0.3) is 0 Å². The maximum atomic E-state index is 10.4. The maximum absolute atomic E-state index is 10.4. The van der Waals surface area contributed by atoms with Gasteiger partial charge >= 0.3 is 0 Å². The summed E-state index contributed by atoms with van der Waals surface area (Å²) in [5, 5.41) is 79.4. The highest BCUT2D eigenvalue weighted by Gasteiger charge is 2.45. The van der Waals surface area contributed by atoms with Gasteiger partial charge in [-0.2, -0.15) is 0 Å². The van der Waals surface area contributed by atoms with E-state index in [0.29, 0.717) is 0 Å². The molecule has 1 saturated heterocycles. The smallest absolute Gasteiger partial charge is 0.195 e. The number of hydrogen-bond acceptors (Lipinski definition) is 11. The fraction of sp³-hybridized carbons (Fsp3) is 0.333. The van der Waals surface area contributed by atoms with E-state index in [4.69, 9.17) is 19.3 Å². The number of phenols is 2. The lowest BCUT2D eigenvalue weighted by atomic mass is 9.96. The molecule has 2 aliphatic heterocycles. The lowest BCUT2D eigenvalue weighted by molar-refractivity contribution is -0.289. The van der Waals surface area contributed by atoms with Gasteiger partial charge in [-0.1, -0.05) is 0 Å². The van der Waals surface area contributed by atoms with E-state index in [2.05, 4.69) is 0 Å². The molecule has 1 aromatic rings. The Morgan fingerprint density at radius 2 is 1.69 bits per heavy atom. The van der Waals surface area contributed by atoms with Crippen molar-refractivity contribution in [3.05, 3.63) is 64.8 Å². The van der Waals surface area contributed by atoms with Gasteiger partial charge in [-0.25, -0.2) is 0 Å². The first-order valence-corrected chi connectivity index (χ1v) is 9.63. The summed E-state index contributed by atoms with van der Waals surface area (Å²) in [6.45, 7) is -0.624. The van der Waals surface area contributed by atoms with Crippen molar-refractivity contribution < 1.29 is 55.1 Å². The minimum absolute atomic E-state index is 0.0275. The molecule has 1 fully saturated rings. The standard InChI is InChI=1S/C21H22O11/c22-7-16-17(27)18(28)20(21(29)32-16)30-9-4-12(24)10-6-14(26)19(31-15(10)5-9)8-1-2-11(23)13(25)3-8/h1-6,15-18,20-29H,7H2/t15?,16-,17-,18+,20+,21-/m1/s1. The zero-order valence-corrected chi connectivity index (χ0v) is 16.4. The molecule has 2 heterocycles. The van der Waals surface area contributed by atoms with Gasteiger partial charge in [0, 0.05) is 23.3 Å². The molecule has 1 unspecified atom stereocenters. The van der Waals surface area contributed by atoms with Crippen LogP contribution < -0.4 is 0 Å². The first-order chi connectivity index (χ1) is 15.2. The predicted molar refractivity (Wildman–Crippen MR) is 106 cm³/mol. The van der Waals surface area contributed by atoms with Gasteiger partial charge in [0.1, 0.15) is 35.9 Å². The molecule has 8 N–H and O–H groups in total. The molecule has 0 amide bonds. The van der Waals surface area contributed by atoms with Gasteiger partial charge in [-0.05, 0) is 24.3 Å². The average Bonchev–Trinajstić information content (AvgIpc) is 2.76. The van der Waals surface area contributed by atoms with Crippen LogP contribution in [-0.2, 0) is 14.2 Å². The third kappa shape index (κ3) is 3.87. The molecular formula is C21H22O11. The minimum atomic E-state index is -1.68. The Balaban J connectivity index is 1.58. The molecule has 0 bridgehead atoms. The number of aliphatic hydroxyl groups excluding tert-OH is 6. The average molecular weight is 450 g/mol. The molecule has 11 heteroatoms. The summed E-state index contributed by atoms with van der Waals surface area (Å²) >= 11 is 0. The van der Waals surface area contributed by atoms with E-state index >= 15 is 0 Å². The number of phenolic OH excluding ortho intramolecular Hbond substituents is 2. The monoisotopic (exact) mass is 450 g/mol. The topological polar surface area (TPSA) is 190 Å². The molecule has 1 aromatic carbocycles. The van der Waals surface area contributed by atoms with E-state index in [1.165, 1.54) is 36.4 Å². The van der Waals surface area contributed by atoms with Gasteiger partial charge in [-0.3, -0.25) is 0 Å². The molecule has 0 radical (unpaired) electrons. The maximum Gasteiger partial charge on any atom is 0.195 e. The number of aliphatic hydroxyl groups is 6. The van der Waals surface area contributed by atoms with Crippen LogP contribution in [0.2, 0.25) is 0 Å². The van der Waals surface area contributed by atoms with Crippen LogP contribution >= 0.6 is 0 Å². The van der Waals surface area contributed by atoms with Crippen LogP contribution in [-0.4, -0.2) is 84.3 Å². The molecule has 4 rings (SSSR count). The van der Waals surface area contributed by atoms with Gasteiger partial charge in [0.15, 0.2) is 35.4 Å². The van der Waals surface area contributed by atoms with E-state index in [1.54, 1.807) is 0 Å². The summed E-state index contributed by atoms with van der Waals surface area (Å²) in [4.78, 5) is 0. The van der Waals surface area contributed by atoms with E-state index in [0.717, 1.165) is 0 Å². The number of fused-ring (bicyclic) bond motifs is 1. The van der Waals surface area contributed by atoms with Gasteiger partial charge in [0.2, 0.25) is 0 Å². The Hall–Kier alpha value is -3.22. The summed E-state index contributed by atoms with van der Waals surface area (Å²) < 4.78 is 16.3. The van der Waals surface area contributed by atoms with Crippen LogP contribution in [0.15, 0.2) is 59.3 Å². The summed E-state index contributed by atoms with van der Waals surface area (Å²) in [7, 11) is 0. The summed E-state index contributed by atoms with van der Waals surface area (Å²) in [5.41, 5.74) is 0.450. The van der Waals surface area contributed by atoms with E-state index < -0.39 is 49.2 Å². The lowest BCUT2D eigenvalue weighted by Gasteiger charge is -2.40. The van der Waals surface area contributed by atoms with Gasteiger partial charge < -0.3 is 55.1 Å². The Morgan fingerprint density at radius 3 is 2.38 bits per heavy atom. The van der Waals surface area contributed by atoms with Crippen LogP contribution in [0.4, 0.5) is 0 Å². The highest BCUT2D eigenvalue weighted by molar-refractivity contribution is 5.69. The Morgan fingerprint density at radius 1 is 0.938 bits per heavy atom. The molecule has 172 valence electrons. The highest BCUT2D eigenvalue weighted by Crippen LogP contribution is 2.38. The fourth-order valence-electron chi connectivity index (χ4n) is 3.61. The van der Waals surface area contributed by atoms with Gasteiger partial charge in [0.05, 0.1) is 6.61 Å². The number of benzene rings is 1. The zero-order valence-electron chi connectivity index (χ0n) is 16.4.